The minimum Gasteiger partial charge on any atom is -0.373 e. The monoisotopic (exact) mass is 476 g/mol. The number of rotatable bonds is 6. The maximum Gasteiger partial charge on any atom is 0.167 e. The zero-order chi connectivity index (χ0) is 24.2. The Hall–Kier alpha value is -2.18. The fraction of sp³-hybridized carbons (Fsp3) is 0.500. The Morgan fingerprint density at radius 1 is 0.765 bits per heavy atom. The van der Waals surface area contributed by atoms with Gasteiger partial charge in [0.25, 0.3) is 0 Å². The van der Waals surface area contributed by atoms with Crippen molar-refractivity contribution in [2.45, 2.75) is 64.6 Å². The van der Waals surface area contributed by atoms with E-state index in [9.17, 15) is 8.78 Å². The third-order valence-corrected chi connectivity index (χ3v) is 7.05. The fourth-order valence-corrected chi connectivity index (χ4v) is 5.17. The van der Waals surface area contributed by atoms with Crippen molar-refractivity contribution in [3.63, 3.8) is 0 Å². The summed E-state index contributed by atoms with van der Waals surface area (Å²) in [7, 11) is 0. The molecule has 0 radical (unpaired) electrons. The van der Waals surface area contributed by atoms with Gasteiger partial charge in [0.1, 0.15) is 0 Å². The molecular formula is C28H32F4O2. The molecule has 2 aromatic carbocycles. The number of benzene rings is 2. The Labute approximate surface area is 199 Å². The summed E-state index contributed by atoms with van der Waals surface area (Å²) in [4.78, 5) is 0. The van der Waals surface area contributed by atoms with Crippen LogP contribution in [-0.2, 0) is 9.47 Å². The molecule has 2 aromatic rings. The highest BCUT2D eigenvalue weighted by Gasteiger charge is 2.30. The zero-order valence-electron chi connectivity index (χ0n) is 19.8. The average molecular weight is 477 g/mol. The van der Waals surface area contributed by atoms with Crippen LogP contribution in [0.5, 0.6) is 0 Å². The van der Waals surface area contributed by atoms with Crippen molar-refractivity contribution in [2.24, 2.45) is 11.8 Å². The van der Waals surface area contributed by atoms with Crippen molar-refractivity contribution in [1.29, 1.82) is 0 Å². The molecule has 2 nitrogen and oxygen atoms in total. The van der Waals surface area contributed by atoms with Crippen LogP contribution in [0.3, 0.4) is 0 Å². The molecule has 0 bridgehead atoms. The molecule has 0 aliphatic carbocycles. The van der Waals surface area contributed by atoms with Crippen LogP contribution >= 0.6 is 0 Å². The molecule has 0 spiro atoms. The summed E-state index contributed by atoms with van der Waals surface area (Å²) in [5.41, 5.74) is -0.379. The standard InChI is InChI=1S/C28H32F4O2/c1-3-5-17-7-13-23(33-15-17)21-11-9-19(25(29)27(21)31)20-10-12-22(28(32)26(20)30)24-14-8-18(6-4-2)16-34-24/h3,5,9-12,17-18,23-24H,4,6-8,13-16H2,1-2H3. The number of hydrogen-bond donors (Lipinski definition) is 0. The van der Waals surface area contributed by atoms with Gasteiger partial charge < -0.3 is 9.47 Å². The molecule has 4 unspecified atom stereocenters. The van der Waals surface area contributed by atoms with Crippen LogP contribution in [-0.4, -0.2) is 13.2 Å². The van der Waals surface area contributed by atoms with E-state index in [2.05, 4.69) is 6.92 Å². The second kappa shape index (κ2) is 11.0. The van der Waals surface area contributed by atoms with Gasteiger partial charge in [-0.25, -0.2) is 17.6 Å². The van der Waals surface area contributed by atoms with Gasteiger partial charge in [-0.2, -0.15) is 0 Å². The van der Waals surface area contributed by atoms with Gasteiger partial charge in [0.15, 0.2) is 23.3 Å². The highest BCUT2D eigenvalue weighted by Crippen LogP contribution is 2.39. The van der Waals surface area contributed by atoms with Gasteiger partial charge in [0.05, 0.1) is 25.4 Å². The highest BCUT2D eigenvalue weighted by atomic mass is 19.2. The topological polar surface area (TPSA) is 18.5 Å². The first-order chi connectivity index (χ1) is 16.4. The zero-order valence-corrected chi connectivity index (χ0v) is 19.8. The molecule has 4 rings (SSSR count). The lowest BCUT2D eigenvalue weighted by Crippen LogP contribution is -2.21. The van der Waals surface area contributed by atoms with E-state index in [0.717, 1.165) is 25.7 Å². The molecule has 0 N–H and O–H groups in total. The van der Waals surface area contributed by atoms with Crippen LogP contribution in [0.15, 0.2) is 36.4 Å². The van der Waals surface area contributed by atoms with Crippen LogP contribution in [0.4, 0.5) is 17.6 Å². The van der Waals surface area contributed by atoms with Gasteiger partial charge >= 0.3 is 0 Å². The number of ether oxygens (including phenoxy) is 2. The van der Waals surface area contributed by atoms with Crippen molar-refractivity contribution in [2.75, 3.05) is 13.2 Å². The molecule has 0 amide bonds. The molecule has 2 fully saturated rings. The van der Waals surface area contributed by atoms with Gasteiger partial charge in [-0.3, -0.25) is 0 Å². The van der Waals surface area contributed by atoms with E-state index >= 15 is 8.78 Å². The van der Waals surface area contributed by atoms with Crippen LogP contribution in [0.25, 0.3) is 11.1 Å². The minimum atomic E-state index is -1.20. The van der Waals surface area contributed by atoms with Crippen molar-refractivity contribution >= 4 is 0 Å². The van der Waals surface area contributed by atoms with Gasteiger partial charge in [0, 0.05) is 28.2 Å². The third-order valence-electron chi connectivity index (χ3n) is 7.05. The molecule has 0 saturated carbocycles. The first-order valence-corrected chi connectivity index (χ1v) is 12.3. The average Bonchev–Trinajstić information content (AvgIpc) is 2.85. The highest BCUT2D eigenvalue weighted by molar-refractivity contribution is 5.66. The lowest BCUT2D eigenvalue weighted by atomic mass is 9.90. The van der Waals surface area contributed by atoms with Crippen LogP contribution in [0.1, 0.15) is 75.7 Å². The van der Waals surface area contributed by atoms with E-state index in [-0.39, 0.29) is 28.2 Å². The van der Waals surface area contributed by atoms with E-state index in [4.69, 9.17) is 9.47 Å². The summed E-state index contributed by atoms with van der Waals surface area (Å²) in [6.45, 7) is 4.99. The fourth-order valence-electron chi connectivity index (χ4n) is 5.17. The predicted octanol–water partition coefficient (Wildman–Crippen LogP) is 8.22. The third kappa shape index (κ3) is 5.08. The van der Waals surface area contributed by atoms with Crippen molar-refractivity contribution in [3.05, 3.63) is 70.8 Å². The summed E-state index contributed by atoms with van der Waals surface area (Å²) < 4.78 is 71.6. The Bertz CT molecular complexity index is 1020. The Balaban J connectivity index is 1.54. The van der Waals surface area contributed by atoms with Gasteiger partial charge in [-0.05, 0) is 44.9 Å². The largest absolute Gasteiger partial charge is 0.373 e. The second-order valence-corrected chi connectivity index (χ2v) is 9.40. The summed E-state index contributed by atoms with van der Waals surface area (Å²) >= 11 is 0. The normalized spacial score (nSPS) is 25.7. The number of hydrogen-bond acceptors (Lipinski definition) is 2. The van der Waals surface area contributed by atoms with Gasteiger partial charge in [0.2, 0.25) is 0 Å². The first kappa shape index (κ1) is 24.9. The predicted molar refractivity (Wildman–Crippen MR) is 124 cm³/mol. The molecule has 2 saturated heterocycles. The molecule has 4 atom stereocenters. The summed E-state index contributed by atoms with van der Waals surface area (Å²) in [5, 5.41) is 0. The SMILES string of the molecule is CC=CC1CCC(c2ccc(-c3ccc(C4CCC(CCC)CO4)c(F)c3F)c(F)c2F)OC1. The molecule has 2 aliphatic rings. The summed E-state index contributed by atoms with van der Waals surface area (Å²) in [5.74, 6) is -3.83. The van der Waals surface area contributed by atoms with E-state index in [1.165, 1.54) is 24.3 Å². The van der Waals surface area contributed by atoms with E-state index < -0.39 is 35.5 Å². The Morgan fingerprint density at radius 2 is 1.32 bits per heavy atom. The number of halogens is 4. The molecule has 6 heteroatoms. The quantitative estimate of drug-likeness (QED) is 0.309. The first-order valence-electron chi connectivity index (χ1n) is 12.3. The summed E-state index contributed by atoms with van der Waals surface area (Å²) in [6.07, 6.45) is 7.86. The smallest absolute Gasteiger partial charge is 0.167 e. The minimum absolute atomic E-state index is 0.106. The maximum atomic E-state index is 15.0. The van der Waals surface area contributed by atoms with E-state index in [1.807, 2.05) is 19.1 Å². The van der Waals surface area contributed by atoms with Crippen LogP contribution < -0.4 is 0 Å². The van der Waals surface area contributed by atoms with Gasteiger partial charge in [-0.15, -0.1) is 0 Å². The van der Waals surface area contributed by atoms with Crippen molar-refractivity contribution in [1.82, 2.24) is 0 Å². The second-order valence-electron chi connectivity index (χ2n) is 9.40. The maximum absolute atomic E-state index is 15.0. The molecule has 2 aliphatic heterocycles. The molecule has 34 heavy (non-hydrogen) atoms. The van der Waals surface area contributed by atoms with E-state index in [0.29, 0.717) is 32.0 Å². The summed E-state index contributed by atoms with van der Waals surface area (Å²) in [6, 6.07) is 5.46. The van der Waals surface area contributed by atoms with E-state index in [1.54, 1.807) is 0 Å². The van der Waals surface area contributed by atoms with Crippen molar-refractivity contribution in [3.8, 4) is 11.1 Å². The molecule has 2 heterocycles. The molecule has 0 aromatic heterocycles. The Morgan fingerprint density at radius 3 is 1.76 bits per heavy atom. The van der Waals surface area contributed by atoms with Crippen LogP contribution in [0, 0.1) is 35.1 Å². The molecular weight excluding hydrogens is 444 g/mol. The number of allylic oxidation sites excluding steroid dienone is 1. The Kier molecular flexibility index (Phi) is 8.10. The lowest BCUT2D eigenvalue weighted by molar-refractivity contribution is -0.0214. The lowest BCUT2D eigenvalue weighted by Gasteiger charge is -2.29. The van der Waals surface area contributed by atoms with Gasteiger partial charge in [-0.1, -0.05) is 49.8 Å². The van der Waals surface area contributed by atoms with Crippen molar-refractivity contribution < 1.29 is 27.0 Å². The van der Waals surface area contributed by atoms with Crippen LogP contribution in [0.2, 0.25) is 0 Å². The molecule has 184 valence electrons.